The lowest BCUT2D eigenvalue weighted by Crippen LogP contribution is -2.34. The van der Waals surface area contributed by atoms with Crippen LogP contribution in [0.1, 0.15) is 10.4 Å². The molecule has 0 aromatic heterocycles. The third-order valence-corrected chi connectivity index (χ3v) is 3.96. The zero-order chi connectivity index (χ0) is 15.7. The number of nitrogens with one attached hydrogen (secondary N) is 1. The molecule has 0 bridgehead atoms. The molecule has 22 heavy (non-hydrogen) atoms. The van der Waals surface area contributed by atoms with Gasteiger partial charge in [0.15, 0.2) is 0 Å². The van der Waals surface area contributed by atoms with Crippen molar-refractivity contribution in [2.45, 2.75) is 0 Å². The summed E-state index contributed by atoms with van der Waals surface area (Å²) in [5.41, 5.74) is 1.79. The minimum Gasteiger partial charge on any atom is -0.495 e. The Bertz CT molecular complexity index is 761. The van der Waals surface area contributed by atoms with Crippen LogP contribution < -0.4 is 15.0 Å². The van der Waals surface area contributed by atoms with Gasteiger partial charge in [-0.2, -0.15) is 0 Å². The summed E-state index contributed by atoms with van der Waals surface area (Å²) in [5.74, 6) is -0.342. The van der Waals surface area contributed by atoms with Crippen molar-refractivity contribution in [1.29, 1.82) is 0 Å². The van der Waals surface area contributed by atoms with E-state index in [0.29, 0.717) is 17.0 Å². The number of methoxy groups -OCH3 is 1. The van der Waals surface area contributed by atoms with Crippen molar-refractivity contribution in [2.24, 2.45) is 0 Å². The Kier molecular flexibility index (Phi) is 3.85. The number of ether oxygens (including phenoxy) is 1. The number of amides is 1. The first kappa shape index (κ1) is 14.6. The number of hydrogen-bond donors (Lipinski definition) is 1. The fraction of sp³-hybridized carbons (Fsp3) is 0.125. The average Bonchev–Trinajstić information content (AvgIpc) is 2.77. The molecular formula is C16H13BrN2O3. The predicted octanol–water partition coefficient (Wildman–Crippen LogP) is 3.06. The third-order valence-electron chi connectivity index (χ3n) is 3.47. The molecule has 0 aliphatic carbocycles. The number of para-hydroxylation sites is 2. The SMILES string of the molecule is COc1ccccc1NCN1C(=O)C(=O)c2cc(Br)ccc21. The number of carbonyl (C=O) groups excluding carboxylic acids is 2. The van der Waals surface area contributed by atoms with Gasteiger partial charge in [-0.25, -0.2) is 0 Å². The molecule has 0 atom stereocenters. The molecule has 0 unspecified atom stereocenters. The van der Waals surface area contributed by atoms with E-state index in [1.165, 1.54) is 4.90 Å². The van der Waals surface area contributed by atoms with Gasteiger partial charge in [0.2, 0.25) is 0 Å². The molecule has 1 amide bonds. The van der Waals surface area contributed by atoms with E-state index in [0.717, 1.165) is 10.2 Å². The second-order valence-electron chi connectivity index (χ2n) is 4.76. The second kappa shape index (κ2) is 5.81. The number of carbonyl (C=O) groups is 2. The number of ketones is 1. The lowest BCUT2D eigenvalue weighted by atomic mass is 10.1. The van der Waals surface area contributed by atoms with Gasteiger partial charge in [0.1, 0.15) is 5.75 Å². The number of fused-ring (bicyclic) bond motifs is 1. The molecule has 3 rings (SSSR count). The van der Waals surface area contributed by atoms with Gasteiger partial charge in [-0.3, -0.25) is 14.5 Å². The Morgan fingerprint density at radius 2 is 1.95 bits per heavy atom. The topological polar surface area (TPSA) is 58.6 Å². The number of Topliss-reactive ketones (excluding diaryl/α,β-unsaturated/α-hetero) is 1. The van der Waals surface area contributed by atoms with Crippen molar-refractivity contribution < 1.29 is 14.3 Å². The standard InChI is InChI=1S/C16H13BrN2O3/c1-22-14-5-3-2-4-12(14)18-9-19-13-7-6-10(17)8-11(13)15(20)16(19)21/h2-8,18H,9H2,1H3. The normalized spacial score (nSPS) is 13.3. The van der Waals surface area contributed by atoms with Crippen LogP contribution in [0.5, 0.6) is 5.75 Å². The van der Waals surface area contributed by atoms with Gasteiger partial charge in [0.05, 0.1) is 30.7 Å². The van der Waals surface area contributed by atoms with Crippen LogP contribution in [0.4, 0.5) is 11.4 Å². The number of benzene rings is 2. The molecule has 0 fully saturated rings. The van der Waals surface area contributed by atoms with Crippen LogP contribution in [0, 0.1) is 0 Å². The Labute approximate surface area is 136 Å². The maximum Gasteiger partial charge on any atom is 0.300 e. The quantitative estimate of drug-likeness (QED) is 0.851. The summed E-state index contributed by atoms with van der Waals surface area (Å²) >= 11 is 3.31. The van der Waals surface area contributed by atoms with Crippen molar-refractivity contribution >= 4 is 39.0 Å². The highest BCUT2D eigenvalue weighted by Gasteiger charge is 2.35. The zero-order valence-electron chi connectivity index (χ0n) is 11.8. The molecule has 112 valence electrons. The molecule has 1 aliphatic rings. The van der Waals surface area contributed by atoms with E-state index in [2.05, 4.69) is 21.2 Å². The van der Waals surface area contributed by atoms with Gasteiger partial charge in [-0.1, -0.05) is 28.1 Å². The first-order valence-corrected chi connectivity index (χ1v) is 7.43. The molecule has 6 heteroatoms. The van der Waals surface area contributed by atoms with Crippen LogP contribution in [0.25, 0.3) is 0 Å². The maximum atomic E-state index is 12.1. The second-order valence-corrected chi connectivity index (χ2v) is 5.67. The van der Waals surface area contributed by atoms with E-state index in [1.54, 1.807) is 25.3 Å². The van der Waals surface area contributed by atoms with Crippen LogP contribution in [-0.4, -0.2) is 25.5 Å². The molecule has 1 heterocycles. The number of rotatable bonds is 4. The number of anilines is 2. The Hall–Kier alpha value is -2.34. The summed E-state index contributed by atoms with van der Waals surface area (Å²) in [4.78, 5) is 25.6. The van der Waals surface area contributed by atoms with Gasteiger partial charge in [0.25, 0.3) is 5.78 Å². The van der Waals surface area contributed by atoms with Crippen LogP contribution in [0.3, 0.4) is 0 Å². The lowest BCUT2D eigenvalue weighted by molar-refractivity contribution is -0.114. The minimum atomic E-state index is -0.532. The minimum absolute atomic E-state index is 0.194. The summed E-state index contributed by atoms with van der Waals surface area (Å²) in [6.07, 6.45) is 0. The van der Waals surface area contributed by atoms with Crippen molar-refractivity contribution in [3.63, 3.8) is 0 Å². The molecular weight excluding hydrogens is 348 g/mol. The van der Waals surface area contributed by atoms with Gasteiger partial charge in [0, 0.05) is 4.47 Å². The smallest absolute Gasteiger partial charge is 0.300 e. The zero-order valence-corrected chi connectivity index (χ0v) is 13.4. The Balaban J connectivity index is 1.85. The summed E-state index contributed by atoms with van der Waals surface area (Å²) in [5, 5.41) is 3.13. The highest BCUT2D eigenvalue weighted by Crippen LogP contribution is 2.31. The molecule has 0 saturated heterocycles. The molecule has 0 radical (unpaired) electrons. The molecule has 1 aliphatic heterocycles. The van der Waals surface area contributed by atoms with Crippen LogP contribution >= 0.6 is 15.9 Å². The van der Waals surface area contributed by atoms with E-state index in [9.17, 15) is 9.59 Å². The third kappa shape index (κ3) is 2.46. The molecule has 0 spiro atoms. The summed E-state index contributed by atoms with van der Waals surface area (Å²) in [6.45, 7) is 0.194. The fourth-order valence-electron chi connectivity index (χ4n) is 2.38. The van der Waals surface area contributed by atoms with Crippen molar-refractivity contribution in [2.75, 3.05) is 24.0 Å². The van der Waals surface area contributed by atoms with E-state index >= 15 is 0 Å². The van der Waals surface area contributed by atoms with Crippen LogP contribution in [-0.2, 0) is 4.79 Å². The maximum absolute atomic E-state index is 12.1. The van der Waals surface area contributed by atoms with Gasteiger partial charge < -0.3 is 10.1 Å². The van der Waals surface area contributed by atoms with Crippen molar-refractivity contribution in [3.8, 4) is 5.75 Å². The van der Waals surface area contributed by atoms with E-state index in [-0.39, 0.29) is 6.67 Å². The first-order valence-electron chi connectivity index (χ1n) is 6.64. The van der Waals surface area contributed by atoms with Gasteiger partial charge in [-0.15, -0.1) is 0 Å². The molecule has 2 aromatic rings. The van der Waals surface area contributed by atoms with E-state index in [1.807, 2.05) is 24.3 Å². The summed E-state index contributed by atoms with van der Waals surface area (Å²) in [6, 6.07) is 12.6. The molecule has 0 saturated carbocycles. The predicted molar refractivity (Wildman–Crippen MR) is 87.4 cm³/mol. The summed E-state index contributed by atoms with van der Waals surface area (Å²) < 4.78 is 6.02. The van der Waals surface area contributed by atoms with Crippen LogP contribution in [0.2, 0.25) is 0 Å². The molecule has 5 nitrogen and oxygen atoms in total. The van der Waals surface area contributed by atoms with Gasteiger partial charge >= 0.3 is 5.91 Å². The fourth-order valence-corrected chi connectivity index (χ4v) is 2.75. The number of halogens is 1. The van der Waals surface area contributed by atoms with Crippen molar-refractivity contribution in [1.82, 2.24) is 0 Å². The van der Waals surface area contributed by atoms with E-state index in [4.69, 9.17) is 4.74 Å². The average molecular weight is 361 g/mol. The van der Waals surface area contributed by atoms with Crippen molar-refractivity contribution in [3.05, 3.63) is 52.5 Å². The highest BCUT2D eigenvalue weighted by atomic mass is 79.9. The van der Waals surface area contributed by atoms with Gasteiger partial charge in [-0.05, 0) is 30.3 Å². The molecule has 2 aromatic carbocycles. The largest absolute Gasteiger partial charge is 0.495 e. The number of hydrogen-bond acceptors (Lipinski definition) is 4. The Morgan fingerprint density at radius 1 is 1.18 bits per heavy atom. The lowest BCUT2D eigenvalue weighted by Gasteiger charge is -2.19. The first-order chi connectivity index (χ1) is 10.6. The monoisotopic (exact) mass is 360 g/mol. The highest BCUT2D eigenvalue weighted by molar-refractivity contribution is 9.10. The summed E-state index contributed by atoms with van der Waals surface area (Å²) in [7, 11) is 1.58. The van der Waals surface area contributed by atoms with E-state index < -0.39 is 11.7 Å². The Morgan fingerprint density at radius 3 is 2.73 bits per heavy atom. The van der Waals surface area contributed by atoms with Crippen LogP contribution in [0.15, 0.2) is 46.9 Å². The number of nitrogens with zero attached hydrogens (tertiary/aromatic N) is 1. The molecule has 1 N–H and O–H groups in total.